The first-order valence-corrected chi connectivity index (χ1v) is 13.1. The van der Waals surface area contributed by atoms with Crippen LogP contribution in [-0.4, -0.2) is 31.1 Å². The topological polar surface area (TPSA) is 81.8 Å². The van der Waals surface area contributed by atoms with E-state index in [1.807, 2.05) is 31.2 Å². The van der Waals surface area contributed by atoms with E-state index in [0.29, 0.717) is 35.7 Å². The summed E-state index contributed by atoms with van der Waals surface area (Å²) in [6, 6.07) is 10.2. The molecule has 1 aliphatic carbocycles. The Kier molecular flexibility index (Phi) is 7.49. The molecule has 198 valence electrons. The molecule has 1 aromatic carbocycles. The maximum Gasteiger partial charge on any atom is 0.335 e. The van der Waals surface area contributed by atoms with Gasteiger partial charge in [0.1, 0.15) is 5.69 Å². The SMILES string of the molecule is Cc1ccc(-n2c(=O)n(CC3CCC(NC(=O)c4cc(Cl)cnc4C(F)F)CC3)c3cccnc32)c(Cl)c1. The van der Waals surface area contributed by atoms with Crippen LogP contribution in [0.15, 0.2) is 53.6 Å². The number of nitrogens with zero attached hydrogens (tertiary/aromatic N) is 4. The van der Waals surface area contributed by atoms with Crippen LogP contribution >= 0.6 is 23.2 Å². The molecule has 11 heteroatoms. The van der Waals surface area contributed by atoms with Crippen LogP contribution in [0.4, 0.5) is 8.78 Å². The Hall–Kier alpha value is -3.30. The van der Waals surface area contributed by atoms with Gasteiger partial charge in [-0.25, -0.2) is 23.1 Å². The first kappa shape index (κ1) is 26.3. The lowest BCUT2D eigenvalue weighted by Gasteiger charge is -2.29. The fourth-order valence-corrected chi connectivity index (χ4v) is 5.57. The van der Waals surface area contributed by atoms with Gasteiger partial charge in [0.15, 0.2) is 5.65 Å². The second-order valence-electron chi connectivity index (χ2n) is 9.61. The van der Waals surface area contributed by atoms with E-state index in [1.165, 1.54) is 6.07 Å². The molecule has 0 unspecified atom stereocenters. The normalized spacial score (nSPS) is 17.7. The number of rotatable bonds is 6. The summed E-state index contributed by atoms with van der Waals surface area (Å²) in [7, 11) is 0. The number of hydrogen-bond acceptors (Lipinski definition) is 4. The van der Waals surface area contributed by atoms with Crippen molar-refractivity contribution in [3.63, 3.8) is 0 Å². The predicted molar refractivity (Wildman–Crippen MR) is 142 cm³/mol. The van der Waals surface area contributed by atoms with Gasteiger partial charge in [0, 0.05) is 25.0 Å². The van der Waals surface area contributed by atoms with E-state index in [0.717, 1.165) is 30.1 Å². The van der Waals surface area contributed by atoms with E-state index in [4.69, 9.17) is 23.2 Å². The molecular weight excluding hydrogens is 535 g/mol. The number of alkyl halides is 2. The van der Waals surface area contributed by atoms with Gasteiger partial charge in [-0.15, -0.1) is 0 Å². The lowest BCUT2D eigenvalue weighted by molar-refractivity contribution is 0.0904. The van der Waals surface area contributed by atoms with Crippen molar-refractivity contribution in [1.29, 1.82) is 0 Å². The Morgan fingerprint density at radius 2 is 1.89 bits per heavy atom. The molecule has 0 saturated heterocycles. The highest BCUT2D eigenvalue weighted by molar-refractivity contribution is 6.32. The first-order valence-electron chi connectivity index (χ1n) is 12.3. The number of aryl methyl sites for hydroxylation is 1. The number of amides is 1. The number of imidazole rings is 1. The minimum Gasteiger partial charge on any atom is -0.349 e. The molecule has 1 amide bonds. The maximum atomic E-state index is 13.6. The zero-order chi connectivity index (χ0) is 27.0. The third-order valence-corrected chi connectivity index (χ3v) is 7.50. The molecule has 3 heterocycles. The molecule has 0 atom stereocenters. The van der Waals surface area contributed by atoms with Crippen LogP contribution in [0.1, 0.15) is 53.7 Å². The Labute approximate surface area is 227 Å². The Bertz CT molecular complexity index is 1560. The van der Waals surface area contributed by atoms with Gasteiger partial charge in [0.2, 0.25) is 0 Å². The maximum absolute atomic E-state index is 13.6. The van der Waals surface area contributed by atoms with Gasteiger partial charge >= 0.3 is 5.69 Å². The summed E-state index contributed by atoms with van der Waals surface area (Å²) in [5.74, 6) is -0.419. The number of hydrogen-bond donors (Lipinski definition) is 1. The number of benzene rings is 1. The molecule has 3 aromatic heterocycles. The minimum absolute atomic E-state index is 0.120. The molecule has 1 fully saturated rings. The van der Waals surface area contributed by atoms with Crippen molar-refractivity contribution in [2.24, 2.45) is 5.92 Å². The van der Waals surface area contributed by atoms with Crippen molar-refractivity contribution in [3.8, 4) is 5.69 Å². The lowest BCUT2D eigenvalue weighted by atomic mass is 9.85. The molecule has 1 N–H and O–H groups in total. The monoisotopic (exact) mass is 559 g/mol. The second kappa shape index (κ2) is 10.8. The zero-order valence-electron chi connectivity index (χ0n) is 20.5. The molecule has 7 nitrogen and oxygen atoms in total. The van der Waals surface area contributed by atoms with E-state index in [-0.39, 0.29) is 28.2 Å². The third-order valence-electron chi connectivity index (χ3n) is 6.99. The Balaban J connectivity index is 1.31. The van der Waals surface area contributed by atoms with Crippen molar-refractivity contribution >= 4 is 40.3 Å². The van der Waals surface area contributed by atoms with Crippen molar-refractivity contribution < 1.29 is 13.6 Å². The number of pyridine rings is 2. The van der Waals surface area contributed by atoms with E-state index in [1.54, 1.807) is 21.4 Å². The zero-order valence-corrected chi connectivity index (χ0v) is 22.0. The summed E-state index contributed by atoms with van der Waals surface area (Å²) >= 11 is 12.4. The Morgan fingerprint density at radius 1 is 1.13 bits per heavy atom. The quantitative estimate of drug-likeness (QED) is 0.308. The number of halogens is 4. The molecule has 0 spiro atoms. The van der Waals surface area contributed by atoms with E-state index < -0.39 is 18.0 Å². The van der Waals surface area contributed by atoms with Crippen molar-refractivity contribution in [3.05, 3.63) is 86.1 Å². The Morgan fingerprint density at radius 3 is 2.61 bits per heavy atom. The summed E-state index contributed by atoms with van der Waals surface area (Å²) < 4.78 is 29.9. The number of nitrogens with one attached hydrogen (secondary N) is 1. The lowest BCUT2D eigenvalue weighted by Crippen LogP contribution is -2.39. The molecule has 5 rings (SSSR count). The fourth-order valence-electron chi connectivity index (χ4n) is 5.09. The molecule has 0 aliphatic heterocycles. The minimum atomic E-state index is -2.88. The fraction of sp³-hybridized carbons (Fsp3) is 0.333. The largest absolute Gasteiger partial charge is 0.349 e. The highest BCUT2D eigenvalue weighted by Crippen LogP contribution is 2.29. The highest BCUT2D eigenvalue weighted by Gasteiger charge is 2.27. The smallest absolute Gasteiger partial charge is 0.335 e. The van der Waals surface area contributed by atoms with Crippen LogP contribution in [-0.2, 0) is 6.54 Å². The summed E-state index contributed by atoms with van der Waals surface area (Å²) in [5.41, 5.74) is 1.81. The number of aromatic nitrogens is 4. The molecule has 0 bridgehead atoms. The van der Waals surface area contributed by atoms with Crippen LogP contribution in [0.25, 0.3) is 16.9 Å². The van der Waals surface area contributed by atoms with Crippen molar-refractivity contribution in [2.45, 2.75) is 51.6 Å². The number of carbonyl (C=O) groups is 1. The summed E-state index contributed by atoms with van der Waals surface area (Å²) in [4.78, 5) is 34.4. The first-order chi connectivity index (χ1) is 18.2. The van der Waals surface area contributed by atoms with Gasteiger partial charge < -0.3 is 5.32 Å². The molecule has 0 radical (unpaired) electrons. The average molecular weight is 560 g/mol. The second-order valence-corrected chi connectivity index (χ2v) is 10.5. The van der Waals surface area contributed by atoms with Gasteiger partial charge in [-0.05, 0) is 74.4 Å². The van der Waals surface area contributed by atoms with Crippen molar-refractivity contribution in [2.75, 3.05) is 0 Å². The van der Waals surface area contributed by atoms with Gasteiger partial charge in [-0.2, -0.15) is 0 Å². The van der Waals surface area contributed by atoms with E-state index >= 15 is 0 Å². The van der Waals surface area contributed by atoms with Gasteiger partial charge in [0.25, 0.3) is 12.3 Å². The number of carbonyl (C=O) groups excluding carboxylic acids is 1. The molecule has 1 saturated carbocycles. The molecule has 1 aliphatic rings. The molecular formula is C27H25Cl2F2N5O2. The van der Waals surface area contributed by atoms with Gasteiger partial charge in [-0.3, -0.25) is 14.3 Å². The molecule has 4 aromatic rings. The summed E-state index contributed by atoms with van der Waals surface area (Å²) in [6.45, 7) is 2.42. The summed E-state index contributed by atoms with van der Waals surface area (Å²) in [6.07, 6.45) is 2.69. The predicted octanol–water partition coefficient (Wildman–Crippen LogP) is 6.12. The van der Waals surface area contributed by atoms with Crippen LogP contribution in [0.3, 0.4) is 0 Å². The van der Waals surface area contributed by atoms with Crippen LogP contribution < -0.4 is 11.0 Å². The van der Waals surface area contributed by atoms with Crippen LogP contribution in [0.5, 0.6) is 0 Å². The third kappa shape index (κ3) is 5.17. The number of fused-ring (bicyclic) bond motifs is 1. The van der Waals surface area contributed by atoms with E-state index in [2.05, 4.69) is 15.3 Å². The van der Waals surface area contributed by atoms with Crippen LogP contribution in [0, 0.1) is 12.8 Å². The van der Waals surface area contributed by atoms with E-state index in [9.17, 15) is 18.4 Å². The highest BCUT2D eigenvalue weighted by atomic mass is 35.5. The molecule has 38 heavy (non-hydrogen) atoms. The average Bonchev–Trinajstić information content (AvgIpc) is 3.16. The van der Waals surface area contributed by atoms with Crippen molar-refractivity contribution in [1.82, 2.24) is 24.4 Å². The van der Waals surface area contributed by atoms with Gasteiger partial charge in [-0.1, -0.05) is 29.3 Å². The van der Waals surface area contributed by atoms with Crippen LogP contribution in [0.2, 0.25) is 10.0 Å². The standard InChI is InChI=1S/C27H25Cl2F2N5O2/c1-15-4-9-21(20(29)11-15)36-25-22(3-2-10-32-25)35(27(36)38)14-16-5-7-18(8-6-16)34-26(37)19-12-17(28)13-33-23(19)24(30)31/h2-4,9-13,16,18,24H,5-8,14H2,1H3,(H,34,37). The summed E-state index contributed by atoms with van der Waals surface area (Å²) in [5, 5.41) is 3.44. The van der Waals surface area contributed by atoms with Gasteiger partial charge in [0.05, 0.1) is 26.8 Å².